The average Bonchev–Trinajstić information content (AvgIpc) is 2.81. The fraction of sp³-hybridized carbons (Fsp3) is 0.688. The summed E-state index contributed by atoms with van der Waals surface area (Å²) in [6.07, 6.45) is 1.45. The number of alkyl halides is 1. The molecule has 1 aliphatic rings. The zero-order valence-electron chi connectivity index (χ0n) is 14.8. The monoisotopic (exact) mass is 400 g/mol. The van der Waals surface area contributed by atoms with E-state index in [0.29, 0.717) is 19.6 Å². The van der Waals surface area contributed by atoms with E-state index in [1.807, 2.05) is 20.8 Å². The lowest BCUT2D eigenvalue weighted by molar-refractivity contribution is -0.129. The van der Waals surface area contributed by atoms with E-state index in [-0.39, 0.29) is 22.7 Å². The summed E-state index contributed by atoms with van der Waals surface area (Å²) in [6, 6.07) is 0. The third-order valence-corrected chi connectivity index (χ3v) is 4.08. The molecule has 1 unspecified atom stereocenters. The second-order valence-electron chi connectivity index (χ2n) is 7.19. The van der Waals surface area contributed by atoms with Crippen LogP contribution in [0.2, 0.25) is 0 Å². The van der Waals surface area contributed by atoms with Crippen LogP contribution in [-0.2, 0) is 16.1 Å². The number of amides is 2. The Bertz CT molecular complexity index is 603. The van der Waals surface area contributed by atoms with Crippen molar-refractivity contribution in [1.82, 2.24) is 19.8 Å². The predicted molar refractivity (Wildman–Crippen MR) is 94.0 cm³/mol. The molecule has 24 heavy (non-hydrogen) atoms. The smallest absolute Gasteiger partial charge is 0.410 e. The van der Waals surface area contributed by atoms with Gasteiger partial charge < -0.3 is 19.5 Å². The average molecular weight is 401 g/mol. The van der Waals surface area contributed by atoms with Gasteiger partial charge in [-0.25, -0.2) is 9.78 Å². The van der Waals surface area contributed by atoms with Gasteiger partial charge in [-0.3, -0.25) is 4.79 Å². The van der Waals surface area contributed by atoms with Crippen molar-refractivity contribution in [3.63, 3.8) is 0 Å². The van der Waals surface area contributed by atoms with Crippen molar-refractivity contribution in [2.24, 2.45) is 0 Å². The van der Waals surface area contributed by atoms with Gasteiger partial charge in [0.25, 0.3) is 0 Å². The van der Waals surface area contributed by atoms with E-state index in [1.165, 1.54) is 0 Å². The molecular formula is C16H25BrN4O3. The molecule has 2 amide bonds. The summed E-state index contributed by atoms with van der Waals surface area (Å²) in [6.45, 7) is 9.02. The topological polar surface area (TPSA) is 78.5 Å². The fourth-order valence-corrected chi connectivity index (χ4v) is 2.78. The SMILES string of the molecule is CC(Br)C(=O)N(C)Cc1cnc(C2CN(C(=O)OC(C)(C)C)C2)[nH]1. The molecule has 1 N–H and O–H groups in total. The molecule has 0 aliphatic carbocycles. The first kappa shape index (κ1) is 18.8. The van der Waals surface area contributed by atoms with Crippen LogP contribution in [0.15, 0.2) is 6.20 Å². The van der Waals surface area contributed by atoms with Crippen LogP contribution >= 0.6 is 15.9 Å². The Labute approximate surface area is 150 Å². The Morgan fingerprint density at radius 3 is 2.67 bits per heavy atom. The summed E-state index contributed by atoms with van der Waals surface area (Å²) in [5.41, 5.74) is 0.397. The molecule has 2 rings (SSSR count). The third kappa shape index (κ3) is 4.72. The van der Waals surface area contributed by atoms with Gasteiger partial charge >= 0.3 is 6.09 Å². The second-order valence-corrected chi connectivity index (χ2v) is 8.56. The lowest BCUT2D eigenvalue weighted by Crippen LogP contribution is -2.50. The Morgan fingerprint density at radius 1 is 1.50 bits per heavy atom. The molecule has 2 heterocycles. The van der Waals surface area contributed by atoms with Gasteiger partial charge in [0.1, 0.15) is 11.4 Å². The van der Waals surface area contributed by atoms with Crippen LogP contribution in [0.3, 0.4) is 0 Å². The number of halogens is 1. The van der Waals surface area contributed by atoms with Crippen LogP contribution in [0, 0.1) is 0 Å². The van der Waals surface area contributed by atoms with E-state index in [2.05, 4.69) is 25.9 Å². The standard InChI is InChI=1S/C16H25BrN4O3/c1-10(17)14(22)20(5)9-12-6-18-13(19-12)11-7-21(8-11)15(23)24-16(2,3)4/h6,10-11H,7-9H2,1-5H3,(H,18,19). The number of carbonyl (C=O) groups excluding carboxylic acids is 2. The van der Waals surface area contributed by atoms with E-state index < -0.39 is 5.60 Å². The summed E-state index contributed by atoms with van der Waals surface area (Å²) < 4.78 is 5.34. The number of nitrogens with zero attached hydrogens (tertiary/aromatic N) is 3. The maximum Gasteiger partial charge on any atom is 0.410 e. The van der Waals surface area contributed by atoms with Gasteiger partial charge in [-0.05, 0) is 27.7 Å². The molecule has 0 aromatic carbocycles. The maximum absolute atomic E-state index is 11.9. The molecule has 0 bridgehead atoms. The highest BCUT2D eigenvalue weighted by atomic mass is 79.9. The van der Waals surface area contributed by atoms with Crippen molar-refractivity contribution >= 4 is 27.9 Å². The zero-order chi connectivity index (χ0) is 18.1. The number of H-pyrrole nitrogens is 1. The van der Waals surface area contributed by atoms with Gasteiger partial charge in [0.2, 0.25) is 5.91 Å². The highest BCUT2D eigenvalue weighted by molar-refractivity contribution is 9.10. The van der Waals surface area contributed by atoms with Crippen molar-refractivity contribution in [3.8, 4) is 0 Å². The lowest BCUT2D eigenvalue weighted by Gasteiger charge is -2.38. The first-order chi connectivity index (χ1) is 11.1. The third-order valence-electron chi connectivity index (χ3n) is 3.69. The molecule has 1 atom stereocenters. The molecule has 1 aromatic heterocycles. The molecule has 1 saturated heterocycles. The predicted octanol–water partition coefficient (Wildman–Crippen LogP) is 2.49. The van der Waals surface area contributed by atoms with Crippen LogP contribution in [0.1, 0.15) is 45.1 Å². The number of aromatic amines is 1. The van der Waals surface area contributed by atoms with Crippen LogP contribution in [-0.4, -0.2) is 62.3 Å². The van der Waals surface area contributed by atoms with Gasteiger partial charge in [0, 0.05) is 20.1 Å². The number of rotatable bonds is 4. The highest BCUT2D eigenvalue weighted by Gasteiger charge is 2.36. The highest BCUT2D eigenvalue weighted by Crippen LogP contribution is 2.26. The summed E-state index contributed by atoms with van der Waals surface area (Å²) >= 11 is 3.28. The van der Waals surface area contributed by atoms with E-state index >= 15 is 0 Å². The number of hydrogen-bond donors (Lipinski definition) is 1. The number of hydrogen-bond acceptors (Lipinski definition) is 4. The fourth-order valence-electron chi connectivity index (χ4n) is 2.43. The van der Waals surface area contributed by atoms with Crippen LogP contribution < -0.4 is 0 Å². The maximum atomic E-state index is 11.9. The second kappa shape index (κ2) is 7.13. The van der Waals surface area contributed by atoms with Gasteiger partial charge in [-0.2, -0.15) is 0 Å². The number of nitrogens with one attached hydrogen (secondary N) is 1. The summed E-state index contributed by atoms with van der Waals surface area (Å²) in [5.74, 6) is 1.05. The van der Waals surface area contributed by atoms with Gasteiger partial charge in [0.15, 0.2) is 0 Å². The Hall–Kier alpha value is -1.57. The Kier molecular flexibility index (Phi) is 5.57. The van der Waals surface area contributed by atoms with E-state index in [4.69, 9.17) is 4.74 Å². The number of imidazole rings is 1. The van der Waals surface area contributed by atoms with Gasteiger partial charge in [-0.15, -0.1) is 0 Å². The molecular weight excluding hydrogens is 376 g/mol. The summed E-state index contributed by atoms with van der Waals surface area (Å²) in [5, 5.41) is 0. The van der Waals surface area contributed by atoms with Crippen molar-refractivity contribution in [2.75, 3.05) is 20.1 Å². The summed E-state index contributed by atoms with van der Waals surface area (Å²) in [7, 11) is 1.76. The first-order valence-electron chi connectivity index (χ1n) is 7.97. The number of likely N-dealkylation sites (tertiary alicyclic amines) is 1. The van der Waals surface area contributed by atoms with E-state index in [1.54, 1.807) is 30.0 Å². The van der Waals surface area contributed by atoms with E-state index in [9.17, 15) is 9.59 Å². The minimum atomic E-state index is -0.482. The molecule has 0 saturated carbocycles. The van der Waals surface area contributed by atoms with Crippen molar-refractivity contribution in [3.05, 3.63) is 17.7 Å². The van der Waals surface area contributed by atoms with Crippen LogP contribution in [0.4, 0.5) is 4.79 Å². The molecule has 134 valence electrons. The molecule has 8 heteroatoms. The molecule has 0 spiro atoms. The van der Waals surface area contributed by atoms with Gasteiger partial charge in [-0.1, -0.05) is 15.9 Å². The van der Waals surface area contributed by atoms with Crippen molar-refractivity contribution < 1.29 is 14.3 Å². The van der Waals surface area contributed by atoms with Crippen molar-refractivity contribution in [1.29, 1.82) is 0 Å². The molecule has 1 aromatic rings. The number of ether oxygens (including phenoxy) is 1. The Balaban J connectivity index is 1.85. The number of carbonyl (C=O) groups is 2. The van der Waals surface area contributed by atoms with Crippen molar-refractivity contribution in [2.45, 2.75) is 50.6 Å². The zero-order valence-corrected chi connectivity index (χ0v) is 16.4. The number of aromatic nitrogens is 2. The first-order valence-corrected chi connectivity index (χ1v) is 8.89. The molecule has 0 radical (unpaired) electrons. The quantitative estimate of drug-likeness (QED) is 0.787. The minimum absolute atomic E-state index is 0.0193. The lowest BCUT2D eigenvalue weighted by atomic mass is 10.0. The van der Waals surface area contributed by atoms with Crippen LogP contribution in [0.5, 0.6) is 0 Å². The molecule has 1 fully saturated rings. The largest absolute Gasteiger partial charge is 0.444 e. The van der Waals surface area contributed by atoms with Gasteiger partial charge in [0.05, 0.1) is 29.2 Å². The Morgan fingerprint density at radius 2 is 2.12 bits per heavy atom. The minimum Gasteiger partial charge on any atom is -0.444 e. The van der Waals surface area contributed by atoms with E-state index in [0.717, 1.165) is 11.5 Å². The van der Waals surface area contributed by atoms with Crippen LogP contribution in [0.25, 0.3) is 0 Å². The summed E-state index contributed by atoms with van der Waals surface area (Å²) in [4.78, 5) is 34.5. The molecule has 1 aliphatic heterocycles. The molecule has 7 nitrogen and oxygen atoms in total. The normalized spacial score (nSPS) is 16.5.